The average Bonchev–Trinajstić information content (AvgIpc) is 2.60. The molecule has 0 aliphatic carbocycles. The van der Waals surface area contributed by atoms with Crippen molar-refractivity contribution >= 4 is 0 Å². The molecule has 2 rings (SSSR count). The normalized spacial score (nSPS) is 14.2. The van der Waals surface area contributed by atoms with Gasteiger partial charge in [-0.1, -0.05) is 38.1 Å². The molecule has 0 fully saturated rings. The summed E-state index contributed by atoms with van der Waals surface area (Å²) in [5.41, 5.74) is 0.718. The van der Waals surface area contributed by atoms with Gasteiger partial charge in [-0.2, -0.15) is 0 Å². The molecule has 0 heterocycles. The minimum atomic E-state index is -0.814. The zero-order valence-electron chi connectivity index (χ0n) is 14.0. The number of benzene rings is 2. The first-order valence-corrected chi connectivity index (χ1v) is 7.54. The fraction of sp³-hybridized carbons (Fsp3) is 0.368. The largest absolute Gasteiger partial charge is 0.497 e. The molecule has 4 nitrogen and oxygen atoms in total. The van der Waals surface area contributed by atoms with Gasteiger partial charge in [0.25, 0.3) is 0 Å². The molecule has 0 saturated heterocycles. The first kappa shape index (κ1) is 17.3. The number of aliphatic hydroxyl groups excluding tert-OH is 2. The minimum Gasteiger partial charge on any atom is -0.497 e. The maximum Gasteiger partial charge on any atom is 0.118 e. The molecular weight excluding hydrogens is 292 g/mol. The van der Waals surface area contributed by atoms with Gasteiger partial charge in [-0.3, -0.25) is 0 Å². The second-order valence-corrected chi connectivity index (χ2v) is 6.17. The molecule has 0 unspecified atom stereocenters. The molecule has 0 spiro atoms. The van der Waals surface area contributed by atoms with Crippen LogP contribution >= 0.6 is 0 Å². The summed E-state index contributed by atoms with van der Waals surface area (Å²) in [6, 6.07) is 14.4. The van der Waals surface area contributed by atoms with Crippen molar-refractivity contribution in [1.82, 2.24) is 0 Å². The third-order valence-electron chi connectivity index (χ3n) is 4.27. The second-order valence-electron chi connectivity index (χ2n) is 6.17. The number of hydrogen-bond donors (Lipinski definition) is 2. The van der Waals surface area contributed by atoms with Crippen LogP contribution in [0.3, 0.4) is 0 Å². The summed E-state index contributed by atoms with van der Waals surface area (Å²) in [5.74, 6) is 1.46. The lowest BCUT2D eigenvalue weighted by molar-refractivity contribution is -0.0513. The van der Waals surface area contributed by atoms with E-state index in [0.717, 1.165) is 22.6 Å². The molecule has 4 heteroatoms. The number of ether oxygens (including phenoxy) is 2. The highest BCUT2D eigenvalue weighted by molar-refractivity contribution is 5.32. The Hall–Kier alpha value is -2.04. The Morgan fingerprint density at radius 2 is 1.00 bits per heavy atom. The Bertz CT molecular complexity index is 561. The van der Waals surface area contributed by atoms with E-state index in [1.165, 1.54) is 0 Å². The molecule has 2 N–H and O–H groups in total. The monoisotopic (exact) mass is 316 g/mol. The molecule has 2 atom stereocenters. The fourth-order valence-electron chi connectivity index (χ4n) is 2.58. The van der Waals surface area contributed by atoms with E-state index in [2.05, 4.69) is 0 Å². The number of hydrogen-bond acceptors (Lipinski definition) is 4. The standard InChI is InChI=1S/C19H24O4/c1-19(2,17(20)13-5-9-15(22-3)10-6-13)18(21)14-7-11-16(23-4)12-8-14/h5-12,17-18,20-21H,1-4H3/t17-,18-/m1/s1. The Morgan fingerprint density at radius 1 is 0.696 bits per heavy atom. The van der Waals surface area contributed by atoms with E-state index in [1.54, 1.807) is 38.5 Å². The molecule has 0 radical (unpaired) electrons. The Kier molecular flexibility index (Phi) is 5.29. The molecular formula is C19H24O4. The zero-order valence-corrected chi connectivity index (χ0v) is 14.0. The molecule has 23 heavy (non-hydrogen) atoms. The lowest BCUT2D eigenvalue weighted by Gasteiger charge is -2.36. The highest BCUT2D eigenvalue weighted by atomic mass is 16.5. The van der Waals surface area contributed by atoms with E-state index in [1.807, 2.05) is 38.1 Å². The van der Waals surface area contributed by atoms with Crippen LogP contribution in [0.4, 0.5) is 0 Å². The molecule has 0 aliphatic rings. The van der Waals surface area contributed by atoms with Crippen LogP contribution in [0, 0.1) is 5.41 Å². The smallest absolute Gasteiger partial charge is 0.118 e. The number of aliphatic hydroxyl groups is 2. The van der Waals surface area contributed by atoms with Crippen molar-refractivity contribution in [2.45, 2.75) is 26.1 Å². The molecule has 0 saturated carbocycles. The van der Waals surface area contributed by atoms with Crippen LogP contribution in [0.2, 0.25) is 0 Å². The molecule has 0 aromatic heterocycles. The number of methoxy groups -OCH3 is 2. The fourth-order valence-corrected chi connectivity index (χ4v) is 2.58. The van der Waals surface area contributed by atoms with E-state index in [0.29, 0.717) is 0 Å². The Morgan fingerprint density at radius 3 is 1.26 bits per heavy atom. The van der Waals surface area contributed by atoms with Gasteiger partial charge in [0.1, 0.15) is 11.5 Å². The van der Waals surface area contributed by atoms with Gasteiger partial charge in [-0.15, -0.1) is 0 Å². The maximum atomic E-state index is 10.7. The first-order valence-electron chi connectivity index (χ1n) is 7.54. The van der Waals surface area contributed by atoms with Crippen LogP contribution in [-0.2, 0) is 0 Å². The molecule has 2 aromatic rings. The summed E-state index contributed by atoms with van der Waals surface area (Å²) in [6.45, 7) is 3.69. The van der Waals surface area contributed by atoms with Gasteiger partial charge >= 0.3 is 0 Å². The van der Waals surface area contributed by atoms with Gasteiger partial charge in [0.05, 0.1) is 26.4 Å². The van der Waals surface area contributed by atoms with E-state index in [9.17, 15) is 10.2 Å². The van der Waals surface area contributed by atoms with Gasteiger partial charge in [-0.05, 0) is 35.4 Å². The molecule has 2 aromatic carbocycles. The van der Waals surface area contributed by atoms with Gasteiger partial charge in [0, 0.05) is 5.41 Å². The molecule has 0 bridgehead atoms. The highest BCUT2D eigenvalue weighted by Crippen LogP contribution is 2.44. The van der Waals surface area contributed by atoms with E-state index >= 15 is 0 Å². The second kappa shape index (κ2) is 7.02. The quantitative estimate of drug-likeness (QED) is 0.856. The molecule has 124 valence electrons. The lowest BCUT2D eigenvalue weighted by atomic mass is 9.75. The van der Waals surface area contributed by atoms with Gasteiger partial charge in [-0.25, -0.2) is 0 Å². The maximum absolute atomic E-state index is 10.7. The van der Waals surface area contributed by atoms with Crippen LogP contribution in [0.1, 0.15) is 37.2 Å². The van der Waals surface area contributed by atoms with E-state index in [-0.39, 0.29) is 0 Å². The summed E-state index contributed by atoms with van der Waals surface area (Å²) in [7, 11) is 3.20. The summed E-state index contributed by atoms with van der Waals surface area (Å²) < 4.78 is 10.3. The summed E-state index contributed by atoms with van der Waals surface area (Å²) in [4.78, 5) is 0. The predicted molar refractivity (Wildman–Crippen MR) is 89.7 cm³/mol. The Labute approximate surface area is 137 Å². The van der Waals surface area contributed by atoms with Gasteiger partial charge < -0.3 is 19.7 Å². The van der Waals surface area contributed by atoms with Crippen molar-refractivity contribution in [2.75, 3.05) is 14.2 Å². The number of rotatable bonds is 6. The molecule has 0 amide bonds. The van der Waals surface area contributed by atoms with Crippen molar-refractivity contribution in [3.63, 3.8) is 0 Å². The SMILES string of the molecule is COc1ccc([C@@H](O)C(C)(C)[C@H](O)c2ccc(OC)cc2)cc1. The van der Waals surface area contributed by atoms with Crippen molar-refractivity contribution in [3.8, 4) is 11.5 Å². The third kappa shape index (κ3) is 3.66. The van der Waals surface area contributed by atoms with E-state index in [4.69, 9.17) is 9.47 Å². The summed E-state index contributed by atoms with van der Waals surface area (Å²) in [5, 5.41) is 21.4. The van der Waals surface area contributed by atoms with Crippen molar-refractivity contribution in [3.05, 3.63) is 59.7 Å². The molecule has 0 aliphatic heterocycles. The predicted octanol–water partition coefficient (Wildman–Crippen LogP) is 3.50. The first-order chi connectivity index (χ1) is 10.9. The van der Waals surface area contributed by atoms with Crippen LogP contribution in [0.5, 0.6) is 11.5 Å². The Balaban J connectivity index is 2.23. The summed E-state index contributed by atoms with van der Waals surface area (Å²) >= 11 is 0. The summed E-state index contributed by atoms with van der Waals surface area (Å²) in [6.07, 6.45) is -1.63. The average molecular weight is 316 g/mol. The highest BCUT2D eigenvalue weighted by Gasteiger charge is 2.37. The van der Waals surface area contributed by atoms with Crippen molar-refractivity contribution in [1.29, 1.82) is 0 Å². The minimum absolute atomic E-state index is 0.731. The van der Waals surface area contributed by atoms with Crippen LogP contribution in [-0.4, -0.2) is 24.4 Å². The van der Waals surface area contributed by atoms with Crippen molar-refractivity contribution < 1.29 is 19.7 Å². The van der Waals surface area contributed by atoms with Crippen LogP contribution in [0.15, 0.2) is 48.5 Å². The van der Waals surface area contributed by atoms with E-state index < -0.39 is 17.6 Å². The third-order valence-corrected chi connectivity index (χ3v) is 4.27. The van der Waals surface area contributed by atoms with Gasteiger partial charge in [0.2, 0.25) is 0 Å². The van der Waals surface area contributed by atoms with Crippen LogP contribution in [0.25, 0.3) is 0 Å². The topological polar surface area (TPSA) is 58.9 Å². The lowest BCUT2D eigenvalue weighted by Crippen LogP contribution is -2.29. The zero-order chi connectivity index (χ0) is 17.0. The van der Waals surface area contributed by atoms with Crippen LogP contribution < -0.4 is 9.47 Å². The van der Waals surface area contributed by atoms with Crippen molar-refractivity contribution in [2.24, 2.45) is 5.41 Å². The van der Waals surface area contributed by atoms with Gasteiger partial charge in [0.15, 0.2) is 0 Å².